The van der Waals surface area contributed by atoms with Crippen LogP contribution in [0.2, 0.25) is 5.02 Å². The maximum absolute atomic E-state index is 14.6. The highest BCUT2D eigenvalue weighted by Gasteiger charge is 2.39. The van der Waals surface area contributed by atoms with Gasteiger partial charge in [0.1, 0.15) is 6.04 Å². The summed E-state index contributed by atoms with van der Waals surface area (Å²) in [6.07, 6.45) is 4.32. The number of ether oxygens (including phenoxy) is 2. The van der Waals surface area contributed by atoms with Crippen LogP contribution in [-0.4, -0.2) is 41.1 Å². The molecular weight excluding hydrogens is 578 g/mol. The lowest BCUT2D eigenvalue weighted by molar-refractivity contribution is -0.139. The first-order valence-electron chi connectivity index (χ1n) is 13.2. The van der Waals surface area contributed by atoms with Crippen molar-refractivity contribution in [3.8, 4) is 0 Å². The first kappa shape index (κ1) is 28.9. The Kier molecular flexibility index (Phi) is 8.79. The fraction of sp³-hybridized carbons (Fsp3) is 0.393. The molecule has 0 bridgehead atoms. The second-order valence-corrected chi connectivity index (χ2v) is 10.8. The molecule has 1 unspecified atom stereocenters. The van der Waals surface area contributed by atoms with E-state index in [1.54, 1.807) is 31.5 Å². The van der Waals surface area contributed by atoms with Gasteiger partial charge in [-0.25, -0.2) is 23.4 Å². The molecule has 41 heavy (non-hydrogen) atoms. The van der Waals surface area contributed by atoms with Gasteiger partial charge in [0, 0.05) is 34.8 Å². The van der Waals surface area contributed by atoms with Crippen LogP contribution in [0.5, 0.6) is 0 Å². The summed E-state index contributed by atoms with van der Waals surface area (Å²) in [5.74, 6) is -3.14. The number of rotatable bonds is 8. The molecule has 3 aromatic rings. The van der Waals surface area contributed by atoms with Gasteiger partial charge in [0.05, 0.1) is 29.5 Å². The van der Waals surface area contributed by atoms with E-state index < -0.39 is 34.6 Å². The van der Waals surface area contributed by atoms with Crippen LogP contribution in [0.1, 0.15) is 78.3 Å². The molecular formula is C28H27ClF2N4O5S. The molecule has 0 radical (unpaired) electrons. The number of thiazole rings is 1. The minimum atomic E-state index is -1.21. The molecule has 9 nitrogen and oxygen atoms in total. The van der Waals surface area contributed by atoms with Crippen molar-refractivity contribution >= 4 is 40.7 Å². The van der Waals surface area contributed by atoms with Crippen molar-refractivity contribution < 1.29 is 32.4 Å². The summed E-state index contributed by atoms with van der Waals surface area (Å²) in [5, 5.41) is 9.31. The fourth-order valence-corrected chi connectivity index (χ4v) is 6.05. The van der Waals surface area contributed by atoms with E-state index in [4.69, 9.17) is 30.6 Å². The van der Waals surface area contributed by atoms with Crippen LogP contribution in [0.3, 0.4) is 0 Å². The summed E-state index contributed by atoms with van der Waals surface area (Å²) in [4.78, 5) is 34.5. The largest absolute Gasteiger partial charge is 0.463 e. The predicted molar refractivity (Wildman–Crippen MR) is 147 cm³/mol. The van der Waals surface area contributed by atoms with E-state index in [0.717, 1.165) is 6.07 Å². The number of allylic oxidation sites excluding steroid dienone is 1. The monoisotopic (exact) mass is 604 g/mol. The zero-order valence-corrected chi connectivity index (χ0v) is 23.9. The average molecular weight is 605 g/mol. The maximum atomic E-state index is 14.6. The first-order valence-corrected chi connectivity index (χ1v) is 14.5. The second kappa shape index (κ2) is 12.5. The van der Waals surface area contributed by atoms with E-state index in [9.17, 15) is 18.4 Å². The number of aromatic nitrogens is 2. The number of esters is 2. The quantitative estimate of drug-likeness (QED) is 0.241. The third kappa shape index (κ3) is 5.89. The molecule has 0 amide bonds. The van der Waals surface area contributed by atoms with E-state index >= 15 is 0 Å². The first-order chi connectivity index (χ1) is 19.8. The molecule has 1 saturated carbocycles. The molecule has 0 spiro atoms. The van der Waals surface area contributed by atoms with E-state index in [1.165, 1.54) is 17.4 Å². The number of carbonyl (C=O) groups excluding carboxylic acids is 2. The van der Waals surface area contributed by atoms with Gasteiger partial charge in [0.25, 0.3) is 0 Å². The summed E-state index contributed by atoms with van der Waals surface area (Å²) in [6, 6.07) is 2.86. The Balaban J connectivity index is 1.50. The van der Waals surface area contributed by atoms with Crippen molar-refractivity contribution in [1.29, 1.82) is 0 Å². The molecule has 1 fully saturated rings. The average Bonchev–Trinajstić information content (AvgIpc) is 3.69. The van der Waals surface area contributed by atoms with Gasteiger partial charge in [-0.3, -0.25) is 4.99 Å². The molecule has 2 aliphatic rings. The third-order valence-electron chi connectivity index (χ3n) is 7.12. The van der Waals surface area contributed by atoms with E-state index in [0.29, 0.717) is 47.9 Å². The Morgan fingerprint density at radius 1 is 1.10 bits per heavy atom. The summed E-state index contributed by atoms with van der Waals surface area (Å²) in [6.45, 7) is 3.74. The van der Waals surface area contributed by atoms with E-state index in [2.05, 4.69) is 15.5 Å². The Morgan fingerprint density at radius 2 is 1.80 bits per heavy atom. The number of aliphatic imine (C=N–C) groups is 1. The molecule has 1 aromatic carbocycles. The van der Waals surface area contributed by atoms with Crippen LogP contribution in [0.25, 0.3) is 0 Å². The predicted octanol–water partition coefficient (Wildman–Crippen LogP) is 6.12. The smallest absolute Gasteiger partial charge is 0.377 e. The van der Waals surface area contributed by atoms with Crippen LogP contribution >= 0.6 is 22.9 Å². The van der Waals surface area contributed by atoms with Gasteiger partial charge in [-0.1, -0.05) is 22.8 Å². The van der Waals surface area contributed by atoms with Crippen molar-refractivity contribution in [2.75, 3.05) is 13.2 Å². The summed E-state index contributed by atoms with van der Waals surface area (Å²) in [7, 11) is 0. The van der Waals surface area contributed by atoms with Crippen LogP contribution in [0, 0.1) is 17.6 Å². The third-order valence-corrected chi connectivity index (χ3v) is 8.29. The SMILES string of the molecule is CCOC(=O)C1=C(C2CCC(c3cc(C(=O)OCC)on3)CC2)NC(c2nccs2)=NC1c1ccc(F)c(F)c1Cl. The Morgan fingerprint density at radius 3 is 2.49 bits per heavy atom. The standard InChI is InChI=1S/C28H27ClF2N4O5S/c1-3-38-27(36)19-13-18(35-40-19)14-5-7-15(8-6-14)23-20(28(37)39-4-2)24(16-9-10-17(30)22(31)21(16)29)34-25(33-23)26-32-11-12-41-26/h9-15,24H,3-8H2,1-2H3,(H,33,34). The van der Waals surface area contributed by atoms with Crippen molar-refractivity contribution in [2.45, 2.75) is 51.5 Å². The molecule has 13 heteroatoms. The number of amidine groups is 1. The van der Waals surface area contributed by atoms with Crippen LogP contribution in [-0.2, 0) is 14.3 Å². The van der Waals surface area contributed by atoms with Crippen LogP contribution in [0.15, 0.2) is 50.6 Å². The number of hydrogen-bond donors (Lipinski definition) is 1. The molecule has 1 aliphatic heterocycles. The molecule has 0 saturated heterocycles. The fourth-order valence-electron chi connectivity index (χ4n) is 5.20. The molecule has 1 aliphatic carbocycles. The zero-order valence-electron chi connectivity index (χ0n) is 22.3. The number of nitrogens with zero attached hydrogens (tertiary/aromatic N) is 3. The topological polar surface area (TPSA) is 116 Å². The highest BCUT2D eigenvalue weighted by atomic mass is 35.5. The van der Waals surface area contributed by atoms with Gasteiger partial charge in [-0.2, -0.15) is 0 Å². The highest BCUT2D eigenvalue weighted by molar-refractivity contribution is 7.11. The Hall–Kier alpha value is -3.64. The van der Waals surface area contributed by atoms with Gasteiger partial charge >= 0.3 is 11.9 Å². The van der Waals surface area contributed by atoms with E-state index in [1.807, 2.05) is 0 Å². The maximum Gasteiger partial charge on any atom is 0.377 e. The lowest BCUT2D eigenvalue weighted by atomic mass is 9.77. The molecule has 2 aromatic heterocycles. The lowest BCUT2D eigenvalue weighted by Crippen LogP contribution is -2.38. The summed E-state index contributed by atoms with van der Waals surface area (Å²) in [5.41, 5.74) is 1.58. The normalized spacial score (nSPS) is 20.8. The molecule has 1 atom stereocenters. The second-order valence-electron chi connectivity index (χ2n) is 9.54. The van der Waals surface area contributed by atoms with Crippen molar-refractivity contribution in [1.82, 2.24) is 15.5 Å². The summed E-state index contributed by atoms with van der Waals surface area (Å²) < 4.78 is 44.2. The minimum absolute atomic E-state index is 0.0388. The van der Waals surface area contributed by atoms with Crippen molar-refractivity contribution in [3.05, 3.63) is 79.7 Å². The molecule has 3 heterocycles. The molecule has 216 valence electrons. The Bertz CT molecular complexity index is 1500. The number of benzene rings is 1. The van der Waals surface area contributed by atoms with Gasteiger partial charge in [0.2, 0.25) is 5.76 Å². The number of hydrogen-bond acceptors (Lipinski definition) is 10. The highest BCUT2D eigenvalue weighted by Crippen LogP contribution is 2.44. The molecule has 5 rings (SSSR count). The number of halogens is 3. The van der Waals surface area contributed by atoms with Gasteiger partial charge in [-0.15, -0.1) is 11.3 Å². The van der Waals surface area contributed by atoms with Crippen molar-refractivity contribution in [2.24, 2.45) is 10.9 Å². The molecule has 1 N–H and O–H groups in total. The number of nitrogens with one attached hydrogen (secondary N) is 1. The Labute approximate surface area is 243 Å². The van der Waals surface area contributed by atoms with E-state index in [-0.39, 0.29) is 41.9 Å². The summed E-state index contributed by atoms with van der Waals surface area (Å²) >= 11 is 7.62. The van der Waals surface area contributed by atoms with Crippen LogP contribution in [0.4, 0.5) is 8.78 Å². The van der Waals surface area contributed by atoms with Crippen LogP contribution < -0.4 is 5.32 Å². The number of carbonyl (C=O) groups is 2. The lowest BCUT2D eigenvalue weighted by Gasteiger charge is -2.34. The zero-order chi connectivity index (χ0) is 29.1. The van der Waals surface area contributed by atoms with Gasteiger partial charge < -0.3 is 19.3 Å². The minimum Gasteiger partial charge on any atom is -0.463 e. The van der Waals surface area contributed by atoms with Gasteiger partial charge in [-0.05, 0) is 51.5 Å². The van der Waals surface area contributed by atoms with Crippen molar-refractivity contribution in [3.63, 3.8) is 0 Å². The van der Waals surface area contributed by atoms with Gasteiger partial charge in [0.15, 0.2) is 22.5 Å².